The summed E-state index contributed by atoms with van der Waals surface area (Å²) in [6.45, 7) is 0. The molecule has 0 spiro atoms. The lowest BCUT2D eigenvalue weighted by Gasteiger charge is -1.98. The molecule has 0 unspecified atom stereocenters. The van der Waals surface area contributed by atoms with E-state index >= 15 is 0 Å². The molecule has 3 aromatic rings. The zero-order chi connectivity index (χ0) is 13.2. The van der Waals surface area contributed by atoms with Gasteiger partial charge >= 0.3 is 0 Å². The Bertz CT molecular complexity index is 702. The van der Waals surface area contributed by atoms with Gasteiger partial charge in [-0.25, -0.2) is 0 Å². The Balaban J connectivity index is 1.86. The number of hydrogen-bond donors (Lipinski definition) is 1. The van der Waals surface area contributed by atoms with Gasteiger partial charge in [0.15, 0.2) is 0 Å². The minimum atomic E-state index is -0.391. The summed E-state index contributed by atoms with van der Waals surface area (Å²) in [6.07, 6.45) is 0. The number of fused-ring (bicyclic) bond motifs is 1. The fraction of sp³-hybridized carbons (Fsp3) is 0. The standard InChI is InChI=1S/C14H10N2O2S/c17-16(18)11-5-7-12(8-6-11)19-14-9-10-3-1-2-4-13(10)15-14/h1-9,15H. The highest BCUT2D eigenvalue weighted by Gasteiger charge is 2.06. The van der Waals surface area contributed by atoms with Crippen molar-refractivity contribution in [3.63, 3.8) is 0 Å². The van der Waals surface area contributed by atoms with Gasteiger partial charge in [0.25, 0.3) is 5.69 Å². The van der Waals surface area contributed by atoms with Crippen molar-refractivity contribution >= 4 is 28.4 Å². The fourth-order valence-corrected chi connectivity index (χ4v) is 2.74. The largest absolute Gasteiger partial charge is 0.349 e. The first-order chi connectivity index (χ1) is 9.22. The molecule has 5 heteroatoms. The van der Waals surface area contributed by atoms with E-state index in [0.717, 1.165) is 20.8 Å². The van der Waals surface area contributed by atoms with Crippen LogP contribution in [0.4, 0.5) is 5.69 Å². The van der Waals surface area contributed by atoms with Crippen LogP contribution in [0.2, 0.25) is 0 Å². The van der Waals surface area contributed by atoms with E-state index in [-0.39, 0.29) is 5.69 Å². The van der Waals surface area contributed by atoms with Crippen molar-refractivity contribution in [2.24, 2.45) is 0 Å². The maximum atomic E-state index is 10.6. The highest BCUT2D eigenvalue weighted by atomic mass is 32.2. The van der Waals surface area contributed by atoms with Crippen LogP contribution < -0.4 is 0 Å². The van der Waals surface area contributed by atoms with Gasteiger partial charge in [0, 0.05) is 27.9 Å². The van der Waals surface area contributed by atoms with Gasteiger partial charge in [-0.15, -0.1) is 0 Å². The molecule has 1 aromatic heterocycles. The third kappa shape index (κ3) is 2.46. The van der Waals surface area contributed by atoms with Crippen molar-refractivity contribution in [3.05, 3.63) is 64.7 Å². The third-order valence-electron chi connectivity index (χ3n) is 2.78. The Hall–Kier alpha value is -2.27. The highest BCUT2D eigenvalue weighted by Crippen LogP contribution is 2.30. The van der Waals surface area contributed by atoms with Crippen LogP contribution in [0.3, 0.4) is 0 Å². The second-order valence-electron chi connectivity index (χ2n) is 4.07. The molecule has 1 heterocycles. The molecule has 0 atom stereocenters. The number of benzene rings is 2. The van der Waals surface area contributed by atoms with E-state index in [9.17, 15) is 10.1 Å². The summed E-state index contributed by atoms with van der Waals surface area (Å²) in [5.74, 6) is 0. The molecule has 4 nitrogen and oxygen atoms in total. The molecule has 0 aliphatic heterocycles. The van der Waals surface area contributed by atoms with Crippen molar-refractivity contribution < 1.29 is 4.92 Å². The normalized spacial score (nSPS) is 10.7. The lowest BCUT2D eigenvalue weighted by Crippen LogP contribution is -1.86. The zero-order valence-electron chi connectivity index (χ0n) is 9.87. The van der Waals surface area contributed by atoms with Crippen LogP contribution in [0.5, 0.6) is 0 Å². The van der Waals surface area contributed by atoms with E-state index in [1.165, 1.54) is 12.1 Å². The molecule has 0 saturated carbocycles. The summed E-state index contributed by atoms with van der Waals surface area (Å²) >= 11 is 1.56. The lowest BCUT2D eigenvalue weighted by molar-refractivity contribution is -0.384. The van der Waals surface area contributed by atoms with Crippen LogP contribution in [0.15, 0.2) is 64.5 Å². The summed E-state index contributed by atoms with van der Waals surface area (Å²) in [7, 11) is 0. The second-order valence-corrected chi connectivity index (χ2v) is 5.19. The van der Waals surface area contributed by atoms with Crippen molar-refractivity contribution in [3.8, 4) is 0 Å². The van der Waals surface area contributed by atoms with Crippen LogP contribution in [-0.2, 0) is 0 Å². The second kappa shape index (κ2) is 4.78. The van der Waals surface area contributed by atoms with Crippen molar-refractivity contribution in [2.75, 3.05) is 0 Å². The predicted octanol–water partition coefficient (Wildman–Crippen LogP) is 4.23. The number of nitrogens with zero attached hydrogens (tertiary/aromatic N) is 1. The molecule has 0 aliphatic rings. The SMILES string of the molecule is O=[N+]([O-])c1ccc(Sc2cc3ccccc3[nH]2)cc1. The molecule has 2 aromatic carbocycles. The van der Waals surface area contributed by atoms with Crippen molar-refractivity contribution in [1.82, 2.24) is 4.98 Å². The topological polar surface area (TPSA) is 58.9 Å². The van der Waals surface area contributed by atoms with Crippen LogP contribution >= 0.6 is 11.8 Å². The van der Waals surface area contributed by atoms with Crippen molar-refractivity contribution in [1.29, 1.82) is 0 Å². The Morgan fingerprint density at radius 3 is 2.47 bits per heavy atom. The molecule has 0 amide bonds. The number of aromatic nitrogens is 1. The minimum Gasteiger partial charge on any atom is -0.349 e. The molecule has 0 saturated heterocycles. The summed E-state index contributed by atoms with van der Waals surface area (Å²) in [4.78, 5) is 14.5. The lowest BCUT2D eigenvalue weighted by atomic mass is 10.3. The minimum absolute atomic E-state index is 0.112. The molecule has 0 radical (unpaired) electrons. The summed E-state index contributed by atoms with van der Waals surface area (Å²) in [5, 5.41) is 12.8. The Labute approximate surface area is 113 Å². The van der Waals surface area contributed by atoms with Crippen LogP contribution in [0, 0.1) is 10.1 Å². The first-order valence-electron chi connectivity index (χ1n) is 5.72. The first kappa shape index (κ1) is 11.8. The van der Waals surface area contributed by atoms with E-state index in [1.807, 2.05) is 24.3 Å². The van der Waals surface area contributed by atoms with Crippen molar-refractivity contribution in [2.45, 2.75) is 9.92 Å². The monoisotopic (exact) mass is 270 g/mol. The number of nitro benzene ring substituents is 1. The Morgan fingerprint density at radius 2 is 1.79 bits per heavy atom. The fourth-order valence-electron chi connectivity index (χ4n) is 1.86. The van der Waals surface area contributed by atoms with Gasteiger partial charge < -0.3 is 4.98 Å². The number of nitrogens with one attached hydrogen (secondary N) is 1. The Morgan fingerprint density at radius 1 is 1.05 bits per heavy atom. The summed E-state index contributed by atoms with van der Waals surface area (Å²) in [6, 6.07) is 16.7. The number of H-pyrrole nitrogens is 1. The summed E-state index contributed by atoms with van der Waals surface area (Å²) < 4.78 is 0. The average molecular weight is 270 g/mol. The van der Waals surface area contributed by atoms with Gasteiger partial charge in [-0.05, 0) is 24.3 Å². The Kier molecular flexibility index (Phi) is 2.97. The first-order valence-corrected chi connectivity index (χ1v) is 6.54. The van der Waals surface area contributed by atoms with Gasteiger partial charge in [0.2, 0.25) is 0 Å². The number of nitro groups is 1. The van der Waals surface area contributed by atoms with Crippen LogP contribution in [0.1, 0.15) is 0 Å². The van der Waals surface area contributed by atoms with E-state index in [4.69, 9.17) is 0 Å². The molecule has 0 aliphatic carbocycles. The molecular weight excluding hydrogens is 260 g/mol. The molecule has 3 rings (SSSR count). The quantitative estimate of drug-likeness (QED) is 0.572. The van der Waals surface area contributed by atoms with Crippen LogP contribution in [-0.4, -0.2) is 9.91 Å². The van der Waals surface area contributed by atoms with Gasteiger partial charge in [-0.1, -0.05) is 30.0 Å². The van der Waals surface area contributed by atoms with Crippen LogP contribution in [0.25, 0.3) is 10.9 Å². The maximum Gasteiger partial charge on any atom is 0.269 e. The third-order valence-corrected chi connectivity index (χ3v) is 3.73. The number of hydrogen-bond acceptors (Lipinski definition) is 3. The zero-order valence-corrected chi connectivity index (χ0v) is 10.7. The molecule has 0 bridgehead atoms. The summed E-state index contributed by atoms with van der Waals surface area (Å²) in [5.41, 5.74) is 1.20. The molecule has 0 fully saturated rings. The highest BCUT2D eigenvalue weighted by molar-refractivity contribution is 7.99. The predicted molar refractivity (Wildman–Crippen MR) is 75.5 cm³/mol. The van der Waals surface area contributed by atoms with E-state index in [0.29, 0.717) is 0 Å². The molecule has 1 N–H and O–H groups in total. The number of para-hydroxylation sites is 1. The molecular formula is C14H10N2O2S. The smallest absolute Gasteiger partial charge is 0.269 e. The number of rotatable bonds is 3. The number of aromatic amines is 1. The van der Waals surface area contributed by atoms with E-state index < -0.39 is 4.92 Å². The average Bonchev–Trinajstić information content (AvgIpc) is 2.81. The maximum absolute atomic E-state index is 10.6. The van der Waals surface area contributed by atoms with Gasteiger partial charge in [-0.3, -0.25) is 10.1 Å². The van der Waals surface area contributed by atoms with Gasteiger partial charge in [0.05, 0.1) is 9.95 Å². The molecule has 94 valence electrons. The molecule has 19 heavy (non-hydrogen) atoms. The van der Waals surface area contributed by atoms with E-state index in [1.54, 1.807) is 23.9 Å². The number of non-ortho nitro benzene ring substituents is 1. The van der Waals surface area contributed by atoms with Gasteiger partial charge in [0.1, 0.15) is 0 Å². The van der Waals surface area contributed by atoms with Gasteiger partial charge in [-0.2, -0.15) is 0 Å². The van der Waals surface area contributed by atoms with E-state index in [2.05, 4.69) is 11.1 Å².